The van der Waals surface area contributed by atoms with E-state index < -0.39 is 17.8 Å². The van der Waals surface area contributed by atoms with Crippen molar-refractivity contribution in [3.63, 3.8) is 0 Å². The Morgan fingerprint density at radius 2 is 1.84 bits per heavy atom. The van der Waals surface area contributed by atoms with Gasteiger partial charge in [0.25, 0.3) is 0 Å². The van der Waals surface area contributed by atoms with E-state index in [4.69, 9.17) is 21.1 Å². The van der Waals surface area contributed by atoms with Gasteiger partial charge in [-0.3, -0.25) is 0 Å². The molecule has 0 saturated carbocycles. The van der Waals surface area contributed by atoms with Crippen molar-refractivity contribution in [3.05, 3.63) is 82.6 Å². The molecule has 0 spiro atoms. The molecule has 0 aliphatic carbocycles. The van der Waals surface area contributed by atoms with Crippen LogP contribution in [0.5, 0.6) is 5.75 Å². The predicted octanol–water partition coefficient (Wildman–Crippen LogP) is 5.43. The van der Waals surface area contributed by atoms with E-state index in [9.17, 15) is 18.0 Å². The van der Waals surface area contributed by atoms with Crippen LogP contribution in [0.3, 0.4) is 0 Å². The average molecular weight is 462 g/mol. The number of methoxy groups -OCH3 is 1. The molecule has 0 radical (unpaired) electrons. The lowest BCUT2D eigenvalue weighted by atomic mass is 10.1. The Balaban J connectivity index is 1.77. The number of hydrogen-bond donors (Lipinski definition) is 0. The Hall–Kier alpha value is -3.59. The van der Waals surface area contributed by atoms with E-state index in [1.807, 2.05) is 0 Å². The number of rotatable bonds is 5. The van der Waals surface area contributed by atoms with Crippen molar-refractivity contribution >= 4 is 23.2 Å². The molecule has 2 aromatic heterocycles. The molecule has 0 amide bonds. The second kappa shape index (κ2) is 8.51. The molecule has 0 bridgehead atoms. The molecule has 0 N–H and O–H groups in total. The van der Waals surface area contributed by atoms with Gasteiger partial charge in [0.05, 0.1) is 19.0 Å². The molecule has 2 heterocycles. The number of esters is 1. The topological polar surface area (TPSA) is 65.7 Å². The number of halogens is 4. The first kappa shape index (κ1) is 21.6. The first-order valence-electron chi connectivity index (χ1n) is 9.29. The van der Waals surface area contributed by atoms with E-state index in [0.29, 0.717) is 26.4 Å². The molecule has 0 unspecified atom stereocenters. The number of ether oxygens (including phenoxy) is 2. The molecule has 32 heavy (non-hydrogen) atoms. The van der Waals surface area contributed by atoms with Crippen LogP contribution in [0.1, 0.15) is 21.6 Å². The lowest BCUT2D eigenvalue weighted by Crippen LogP contribution is -2.14. The van der Waals surface area contributed by atoms with Crippen molar-refractivity contribution in [1.82, 2.24) is 14.6 Å². The van der Waals surface area contributed by atoms with Crippen molar-refractivity contribution in [2.24, 2.45) is 0 Å². The lowest BCUT2D eigenvalue weighted by molar-refractivity contribution is -0.142. The van der Waals surface area contributed by atoms with Gasteiger partial charge in [0.1, 0.15) is 17.9 Å². The summed E-state index contributed by atoms with van der Waals surface area (Å²) in [5.74, 6) is -0.517. The molecule has 4 rings (SSSR count). The van der Waals surface area contributed by atoms with Crippen LogP contribution in [0.4, 0.5) is 13.2 Å². The Bertz CT molecular complexity index is 1290. The molecule has 0 aliphatic heterocycles. The first-order chi connectivity index (χ1) is 15.3. The number of carbonyl (C=O) groups is 1. The Morgan fingerprint density at radius 3 is 2.53 bits per heavy atom. The first-order valence-corrected chi connectivity index (χ1v) is 9.66. The lowest BCUT2D eigenvalue weighted by Gasteiger charge is -2.13. The van der Waals surface area contributed by atoms with Crippen LogP contribution in [0, 0.1) is 0 Å². The zero-order chi connectivity index (χ0) is 22.9. The van der Waals surface area contributed by atoms with Gasteiger partial charge in [-0.2, -0.15) is 18.3 Å². The molecular weight excluding hydrogens is 447 g/mol. The number of carbonyl (C=O) groups excluding carboxylic acids is 1. The predicted molar refractivity (Wildman–Crippen MR) is 111 cm³/mol. The molecule has 164 valence electrons. The SMILES string of the molecule is COc1ccccc1-c1cc(C(F)(F)F)n2ncc(C(=O)OCc3ccc(Cl)cc3)c2n1. The minimum absolute atomic E-state index is 0.0190. The van der Waals surface area contributed by atoms with E-state index in [2.05, 4.69) is 10.1 Å². The van der Waals surface area contributed by atoms with E-state index in [-0.39, 0.29) is 23.5 Å². The Kier molecular flexibility index (Phi) is 5.75. The molecule has 0 fully saturated rings. The van der Waals surface area contributed by atoms with Gasteiger partial charge in [0.2, 0.25) is 0 Å². The summed E-state index contributed by atoms with van der Waals surface area (Å²) in [6.07, 6.45) is -3.73. The fourth-order valence-corrected chi connectivity index (χ4v) is 3.24. The monoisotopic (exact) mass is 461 g/mol. The van der Waals surface area contributed by atoms with E-state index >= 15 is 0 Å². The third-order valence-electron chi connectivity index (χ3n) is 4.65. The third kappa shape index (κ3) is 4.24. The van der Waals surface area contributed by atoms with E-state index in [1.165, 1.54) is 7.11 Å². The number of aromatic nitrogens is 3. The van der Waals surface area contributed by atoms with E-state index in [0.717, 1.165) is 12.3 Å². The highest BCUT2D eigenvalue weighted by Crippen LogP contribution is 2.35. The molecule has 10 heteroatoms. The summed E-state index contributed by atoms with van der Waals surface area (Å²) in [6, 6.07) is 14.0. The van der Waals surface area contributed by atoms with E-state index in [1.54, 1.807) is 48.5 Å². The van der Waals surface area contributed by atoms with Crippen LogP contribution in [-0.2, 0) is 17.5 Å². The number of para-hydroxylation sites is 1. The second-order valence-corrected chi connectivity index (χ2v) is 7.16. The number of alkyl halides is 3. The summed E-state index contributed by atoms with van der Waals surface area (Å²) < 4.78 is 52.4. The fraction of sp³-hybridized carbons (Fsp3) is 0.136. The number of hydrogen-bond acceptors (Lipinski definition) is 5. The molecular formula is C22H15ClF3N3O3. The minimum atomic E-state index is -4.74. The van der Waals surface area contributed by atoms with Crippen molar-refractivity contribution in [2.75, 3.05) is 7.11 Å². The van der Waals surface area contributed by atoms with Crippen LogP contribution < -0.4 is 4.74 Å². The number of benzene rings is 2. The smallest absolute Gasteiger partial charge is 0.433 e. The van der Waals surface area contributed by atoms with Gasteiger partial charge in [-0.25, -0.2) is 14.3 Å². The van der Waals surface area contributed by atoms with Crippen molar-refractivity contribution < 1.29 is 27.4 Å². The third-order valence-corrected chi connectivity index (χ3v) is 4.90. The fourth-order valence-electron chi connectivity index (χ4n) is 3.11. The normalized spacial score (nSPS) is 11.5. The van der Waals surface area contributed by atoms with Crippen LogP contribution in [0.15, 0.2) is 60.8 Å². The second-order valence-electron chi connectivity index (χ2n) is 6.72. The quantitative estimate of drug-likeness (QED) is 0.370. The average Bonchev–Trinajstić information content (AvgIpc) is 3.21. The molecule has 6 nitrogen and oxygen atoms in total. The standard InChI is InChI=1S/C22H15ClF3N3O3/c1-31-18-5-3-2-4-15(18)17-10-19(22(24,25)26)29-20(28-17)16(11-27-29)21(30)32-12-13-6-8-14(23)9-7-13/h2-11H,12H2,1H3. The summed E-state index contributed by atoms with van der Waals surface area (Å²) in [5.41, 5.74) is -0.569. The number of nitrogens with zero attached hydrogens (tertiary/aromatic N) is 3. The molecule has 4 aromatic rings. The molecule has 0 atom stereocenters. The Labute approximate surface area is 185 Å². The van der Waals surface area contributed by atoms with Crippen molar-refractivity contribution in [2.45, 2.75) is 12.8 Å². The maximum atomic E-state index is 13.8. The minimum Gasteiger partial charge on any atom is -0.496 e. The van der Waals surface area contributed by atoms with Gasteiger partial charge in [0.15, 0.2) is 11.3 Å². The highest BCUT2D eigenvalue weighted by Gasteiger charge is 2.36. The van der Waals surface area contributed by atoms with Gasteiger partial charge < -0.3 is 9.47 Å². The van der Waals surface area contributed by atoms with Gasteiger partial charge in [-0.1, -0.05) is 35.9 Å². The zero-order valence-electron chi connectivity index (χ0n) is 16.6. The maximum Gasteiger partial charge on any atom is 0.433 e. The Morgan fingerprint density at radius 1 is 1.12 bits per heavy atom. The van der Waals surface area contributed by atoms with Gasteiger partial charge in [-0.15, -0.1) is 0 Å². The summed E-state index contributed by atoms with van der Waals surface area (Å²) in [6.45, 7) is -0.0916. The zero-order valence-corrected chi connectivity index (χ0v) is 17.3. The summed E-state index contributed by atoms with van der Waals surface area (Å²) in [7, 11) is 1.40. The highest BCUT2D eigenvalue weighted by atomic mass is 35.5. The van der Waals surface area contributed by atoms with Crippen molar-refractivity contribution in [1.29, 1.82) is 0 Å². The summed E-state index contributed by atoms with van der Waals surface area (Å²) in [4.78, 5) is 16.9. The van der Waals surface area contributed by atoms with Gasteiger partial charge >= 0.3 is 12.1 Å². The largest absolute Gasteiger partial charge is 0.496 e. The maximum absolute atomic E-state index is 13.8. The van der Waals surface area contributed by atoms with Gasteiger partial charge in [0, 0.05) is 10.6 Å². The van der Waals surface area contributed by atoms with Crippen LogP contribution in [-0.4, -0.2) is 27.7 Å². The summed E-state index contributed by atoms with van der Waals surface area (Å²) >= 11 is 5.83. The van der Waals surface area contributed by atoms with Crippen LogP contribution >= 0.6 is 11.6 Å². The van der Waals surface area contributed by atoms with Gasteiger partial charge in [-0.05, 0) is 35.9 Å². The highest BCUT2D eigenvalue weighted by molar-refractivity contribution is 6.30. The molecule has 0 aliphatic rings. The molecule has 2 aromatic carbocycles. The van der Waals surface area contributed by atoms with Crippen LogP contribution in [0.2, 0.25) is 5.02 Å². The van der Waals surface area contributed by atoms with Crippen LogP contribution in [0.25, 0.3) is 16.9 Å². The molecule has 0 saturated heterocycles. The van der Waals surface area contributed by atoms with Crippen molar-refractivity contribution in [3.8, 4) is 17.0 Å². The summed E-state index contributed by atoms with van der Waals surface area (Å²) in [5, 5.41) is 4.26. The number of fused-ring (bicyclic) bond motifs is 1.